The van der Waals surface area contributed by atoms with Crippen LogP contribution in [0.15, 0.2) is 6.07 Å². The van der Waals surface area contributed by atoms with Gasteiger partial charge in [0.2, 0.25) is 0 Å². The molecule has 1 unspecified atom stereocenters. The monoisotopic (exact) mass is 245 g/mol. The molecule has 1 aliphatic rings. The van der Waals surface area contributed by atoms with Crippen molar-refractivity contribution < 1.29 is 20.1 Å². The van der Waals surface area contributed by atoms with Crippen molar-refractivity contribution in [1.82, 2.24) is 5.32 Å². The van der Waals surface area contributed by atoms with E-state index in [1.165, 1.54) is 0 Å². The minimum atomic E-state index is -0.473. The summed E-state index contributed by atoms with van der Waals surface area (Å²) in [6.07, 6.45) is -0.473. The van der Waals surface area contributed by atoms with Crippen LogP contribution < -0.4 is 5.32 Å². The van der Waals surface area contributed by atoms with Crippen LogP contribution in [0.4, 0.5) is 0 Å². The average molecular weight is 246 g/mol. The summed E-state index contributed by atoms with van der Waals surface area (Å²) in [6.45, 7) is 1.67. The summed E-state index contributed by atoms with van der Waals surface area (Å²) in [6, 6.07) is 0.997. The van der Waals surface area contributed by atoms with Crippen LogP contribution in [0.1, 0.15) is 11.7 Å². The molecule has 1 aromatic rings. The second-order valence-electron chi connectivity index (χ2n) is 3.55. The highest BCUT2D eigenvalue weighted by Gasteiger charge is 2.26. The van der Waals surface area contributed by atoms with E-state index in [9.17, 15) is 15.3 Å². The number of phenolic OH excluding ortho intramolecular Hbond substituents is 3. The molecule has 1 saturated heterocycles. The van der Waals surface area contributed by atoms with E-state index in [-0.39, 0.29) is 22.1 Å². The maximum atomic E-state index is 9.70. The fourth-order valence-corrected chi connectivity index (χ4v) is 1.95. The second kappa shape index (κ2) is 4.37. The maximum Gasteiger partial charge on any atom is 0.165 e. The molecule has 0 aromatic heterocycles. The number of aromatic hydroxyl groups is 3. The first-order valence-corrected chi connectivity index (χ1v) is 5.24. The molecule has 5 nitrogen and oxygen atoms in total. The van der Waals surface area contributed by atoms with Gasteiger partial charge in [-0.2, -0.15) is 0 Å². The van der Waals surface area contributed by atoms with E-state index >= 15 is 0 Å². The van der Waals surface area contributed by atoms with Gasteiger partial charge < -0.3 is 25.4 Å². The molecule has 88 valence electrons. The van der Waals surface area contributed by atoms with Gasteiger partial charge in [0, 0.05) is 19.2 Å². The number of rotatable bonds is 1. The Balaban J connectivity index is 2.45. The van der Waals surface area contributed by atoms with Crippen LogP contribution in [-0.4, -0.2) is 35.0 Å². The summed E-state index contributed by atoms with van der Waals surface area (Å²) < 4.78 is 5.41. The third-order valence-electron chi connectivity index (χ3n) is 2.48. The van der Waals surface area contributed by atoms with Crippen molar-refractivity contribution >= 4 is 11.6 Å². The minimum Gasteiger partial charge on any atom is -0.506 e. The highest BCUT2D eigenvalue weighted by atomic mass is 35.5. The van der Waals surface area contributed by atoms with Gasteiger partial charge in [0.05, 0.1) is 17.2 Å². The molecule has 0 radical (unpaired) electrons. The predicted molar refractivity (Wildman–Crippen MR) is 58.0 cm³/mol. The molecule has 2 rings (SSSR count). The highest BCUT2D eigenvalue weighted by Crippen LogP contribution is 2.44. The number of halogens is 1. The van der Waals surface area contributed by atoms with Crippen molar-refractivity contribution in [1.29, 1.82) is 0 Å². The normalized spacial score (nSPS) is 20.9. The van der Waals surface area contributed by atoms with E-state index in [1.54, 1.807) is 0 Å². The molecule has 1 fully saturated rings. The minimum absolute atomic E-state index is 0.00370. The van der Waals surface area contributed by atoms with Crippen molar-refractivity contribution in [2.75, 3.05) is 19.7 Å². The zero-order valence-corrected chi connectivity index (χ0v) is 9.16. The fraction of sp³-hybridized carbons (Fsp3) is 0.400. The van der Waals surface area contributed by atoms with Crippen LogP contribution in [0, 0.1) is 0 Å². The van der Waals surface area contributed by atoms with Crippen molar-refractivity contribution in [3.63, 3.8) is 0 Å². The molecule has 4 N–H and O–H groups in total. The quantitative estimate of drug-likeness (QED) is 0.440. The lowest BCUT2D eigenvalue weighted by Gasteiger charge is -2.25. The standard InChI is InChI=1S/C10H12ClNO4/c11-9-5(13)3-6(14)10(15)8(9)7-4-12-1-2-16-7/h3,7,12-15H,1-2,4H2. The molecule has 1 aromatic carbocycles. The van der Waals surface area contributed by atoms with Gasteiger partial charge in [0.25, 0.3) is 0 Å². The zero-order valence-electron chi connectivity index (χ0n) is 8.40. The predicted octanol–water partition coefficient (Wildman–Crippen LogP) is 1.12. The molecular weight excluding hydrogens is 234 g/mol. The third-order valence-corrected chi connectivity index (χ3v) is 2.88. The highest BCUT2D eigenvalue weighted by molar-refractivity contribution is 6.33. The van der Waals surface area contributed by atoms with Crippen LogP contribution >= 0.6 is 11.6 Å². The summed E-state index contributed by atoms with van der Waals surface area (Å²) >= 11 is 5.87. The smallest absolute Gasteiger partial charge is 0.165 e. The number of hydrogen-bond acceptors (Lipinski definition) is 5. The molecular formula is C10H12ClNO4. The molecule has 1 atom stereocenters. The second-order valence-corrected chi connectivity index (χ2v) is 3.93. The Bertz CT molecular complexity index is 378. The Labute approximate surface area is 97.2 Å². The van der Waals surface area contributed by atoms with Crippen LogP contribution in [0.25, 0.3) is 0 Å². The van der Waals surface area contributed by atoms with Gasteiger partial charge in [-0.1, -0.05) is 11.6 Å². The first-order valence-electron chi connectivity index (χ1n) is 4.87. The van der Waals surface area contributed by atoms with E-state index in [0.717, 1.165) is 12.6 Å². The van der Waals surface area contributed by atoms with Gasteiger partial charge in [0.1, 0.15) is 11.9 Å². The Kier molecular flexibility index (Phi) is 3.09. The molecule has 0 amide bonds. The largest absolute Gasteiger partial charge is 0.506 e. The molecule has 1 heterocycles. The lowest BCUT2D eigenvalue weighted by molar-refractivity contribution is 0.0260. The average Bonchev–Trinajstić information content (AvgIpc) is 2.28. The number of morpholine rings is 1. The first-order chi connectivity index (χ1) is 7.61. The van der Waals surface area contributed by atoms with E-state index in [1.807, 2.05) is 0 Å². The maximum absolute atomic E-state index is 9.70. The first kappa shape index (κ1) is 11.3. The van der Waals surface area contributed by atoms with Crippen LogP contribution in [-0.2, 0) is 4.74 Å². The number of ether oxygens (including phenoxy) is 1. The Morgan fingerprint density at radius 3 is 2.69 bits per heavy atom. The summed E-state index contributed by atoms with van der Waals surface area (Å²) in [5.41, 5.74) is 0.214. The lowest BCUT2D eigenvalue weighted by Crippen LogP contribution is -2.33. The molecule has 0 bridgehead atoms. The van der Waals surface area contributed by atoms with Gasteiger partial charge in [-0.25, -0.2) is 0 Å². The van der Waals surface area contributed by atoms with Gasteiger partial charge >= 0.3 is 0 Å². The summed E-state index contributed by atoms with van der Waals surface area (Å²) in [4.78, 5) is 0. The molecule has 1 aliphatic heterocycles. The summed E-state index contributed by atoms with van der Waals surface area (Å²) in [5, 5.41) is 31.6. The van der Waals surface area contributed by atoms with Crippen LogP contribution in [0.5, 0.6) is 17.2 Å². The van der Waals surface area contributed by atoms with E-state index in [0.29, 0.717) is 13.2 Å². The van der Waals surface area contributed by atoms with Crippen LogP contribution in [0.2, 0.25) is 5.02 Å². The molecule has 16 heavy (non-hydrogen) atoms. The molecule has 0 aliphatic carbocycles. The van der Waals surface area contributed by atoms with E-state index in [4.69, 9.17) is 16.3 Å². The van der Waals surface area contributed by atoms with E-state index < -0.39 is 11.9 Å². The van der Waals surface area contributed by atoms with Crippen LogP contribution in [0.3, 0.4) is 0 Å². The number of hydrogen-bond donors (Lipinski definition) is 4. The van der Waals surface area contributed by atoms with Gasteiger partial charge in [-0.15, -0.1) is 0 Å². The number of phenols is 3. The van der Waals surface area contributed by atoms with Gasteiger partial charge in [-0.3, -0.25) is 0 Å². The third kappa shape index (κ3) is 1.89. The SMILES string of the molecule is Oc1cc(O)c(Cl)c(C2CNCCO2)c1O. The molecule has 0 spiro atoms. The van der Waals surface area contributed by atoms with Crippen molar-refractivity contribution in [2.45, 2.75) is 6.10 Å². The van der Waals surface area contributed by atoms with Gasteiger partial charge in [0.15, 0.2) is 11.5 Å². The Morgan fingerprint density at radius 2 is 2.06 bits per heavy atom. The van der Waals surface area contributed by atoms with Gasteiger partial charge in [-0.05, 0) is 0 Å². The Morgan fingerprint density at radius 1 is 1.31 bits per heavy atom. The van der Waals surface area contributed by atoms with Crippen molar-refractivity contribution in [2.24, 2.45) is 0 Å². The number of nitrogens with one attached hydrogen (secondary N) is 1. The number of benzene rings is 1. The summed E-state index contributed by atoms with van der Waals surface area (Å²) in [7, 11) is 0. The molecule has 6 heteroatoms. The van der Waals surface area contributed by atoms with Crippen molar-refractivity contribution in [3.8, 4) is 17.2 Å². The lowest BCUT2D eigenvalue weighted by atomic mass is 10.1. The summed E-state index contributed by atoms with van der Waals surface area (Å²) in [5.74, 6) is -1.04. The Hall–Kier alpha value is -1.17. The molecule has 0 saturated carbocycles. The van der Waals surface area contributed by atoms with E-state index in [2.05, 4.69) is 5.32 Å². The fourth-order valence-electron chi connectivity index (χ4n) is 1.69. The van der Waals surface area contributed by atoms with Crippen molar-refractivity contribution in [3.05, 3.63) is 16.7 Å². The topological polar surface area (TPSA) is 82.0 Å². The zero-order chi connectivity index (χ0) is 11.7.